The molecule has 2 aromatic carbocycles. The molecule has 0 unspecified atom stereocenters. The first kappa shape index (κ1) is 21.3. The topological polar surface area (TPSA) is 79.4 Å². The Bertz CT molecular complexity index is 1140. The molecule has 3 aromatic rings. The molecule has 0 saturated carbocycles. The predicted molar refractivity (Wildman–Crippen MR) is 122 cm³/mol. The Balaban J connectivity index is 1.29. The van der Waals surface area contributed by atoms with Gasteiger partial charge in [0, 0.05) is 34.6 Å². The Labute approximate surface area is 188 Å². The van der Waals surface area contributed by atoms with E-state index in [0.29, 0.717) is 17.5 Å². The molecule has 1 aliphatic heterocycles. The van der Waals surface area contributed by atoms with Crippen molar-refractivity contribution in [3.8, 4) is 0 Å². The fourth-order valence-corrected chi connectivity index (χ4v) is 5.28. The van der Waals surface area contributed by atoms with Crippen LogP contribution in [0.25, 0.3) is 0 Å². The Morgan fingerprint density at radius 2 is 1.81 bits per heavy atom. The van der Waals surface area contributed by atoms with E-state index in [0.717, 1.165) is 26.2 Å². The standard InChI is InChI=1S/C23H21N3O3S2/c1-14-12-16(31-23-24-15(2)13-30-23)9-10-19(14)25-20(27)8-5-11-26-21(28)17-6-3-4-7-18(17)22(26)29/h3-4,6-7,9-10,12-13H,5,8,11H2,1-2H3,(H,25,27). The van der Waals surface area contributed by atoms with Crippen molar-refractivity contribution in [3.63, 3.8) is 0 Å². The molecule has 6 nitrogen and oxygen atoms in total. The number of thiazole rings is 1. The number of fused-ring (bicyclic) bond motifs is 1. The number of amides is 3. The number of rotatable bonds is 7. The minimum absolute atomic E-state index is 0.143. The molecule has 4 rings (SSSR count). The number of hydrogen-bond donors (Lipinski definition) is 1. The first-order valence-corrected chi connectivity index (χ1v) is 11.6. The minimum Gasteiger partial charge on any atom is -0.326 e. The van der Waals surface area contributed by atoms with Crippen molar-refractivity contribution >= 4 is 46.5 Å². The monoisotopic (exact) mass is 451 g/mol. The van der Waals surface area contributed by atoms with Gasteiger partial charge in [0.1, 0.15) is 0 Å². The zero-order chi connectivity index (χ0) is 22.0. The van der Waals surface area contributed by atoms with Gasteiger partial charge in [-0.25, -0.2) is 4.98 Å². The molecule has 0 aliphatic carbocycles. The molecule has 3 amide bonds. The van der Waals surface area contributed by atoms with Gasteiger partial charge in [-0.1, -0.05) is 23.9 Å². The molecule has 1 aromatic heterocycles. The molecule has 8 heteroatoms. The van der Waals surface area contributed by atoms with Crippen molar-refractivity contribution in [2.75, 3.05) is 11.9 Å². The first-order valence-electron chi connectivity index (χ1n) is 9.88. The van der Waals surface area contributed by atoms with E-state index in [9.17, 15) is 14.4 Å². The lowest BCUT2D eigenvalue weighted by atomic mass is 10.1. The highest BCUT2D eigenvalue weighted by Crippen LogP contribution is 2.32. The Morgan fingerprint density at radius 3 is 2.42 bits per heavy atom. The average Bonchev–Trinajstić information content (AvgIpc) is 3.26. The van der Waals surface area contributed by atoms with E-state index < -0.39 is 0 Å². The number of benzene rings is 2. The summed E-state index contributed by atoms with van der Waals surface area (Å²) in [6, 6.07) is 12.7. The van der Waals surface area contributed by atoms with E-state index >= 15 is 0 Å². The Kier molecular flexibility index (Phi) is 6.20. The van der Waals surface area contributed by atoms with Crippen molar-refractivity contribution in [1.82, 2.24) is 9.88 Å². The SMILES string of the molecule is Cc1csc(Sc2ccc(NC(=O)CCCN3C(=O)c4ccccc4C3=O)c(C)c2)n1. The van der Waals surface area contributed by atoms with Crippen molar-refractivity contribution in [2.24, 2.45) is 0 Å². The van der Waals surface area contributed by atoms with E-state index in [1.165, 1.54) is 4.90 Å². The number of carbonyl (C=O) groups excluding carboxylic acids is 3. The summed E-state index contributed by atoms with van der Waals surface area (Å²) in [5.41, 5.74) is 3.59. The van der Waals surface area contributed by atoms with Gasteiger partial charge < -0.3 is 5.32 Å². The van der Waals surface area contributed by atoms with Gasteiger partial charge in [-0.3, -0.25) is 19.3 Å². The Hall–Kier alpha value is -2.97. The van der Waals surface area contributed by atoms with Crippen molar-refractivity contribution in [1.29, 1.82) is 0 Å². The maximum atomic E-state index is 12.4. The number of anilines is 1. The minimum atomic E-state index is -0.291. The van der Waals surface area contributed by atoms with Crippen LogP contribution in [0.5, 0.6) is 0 Å². The summed E-state index contributed by atoms with van der Waals surface area (Å²) in [5.74, 6) is -0.726. The number of aryl methyl sites for hydroxylation is 2. The number of nitrogens with zero attached hydrogens (tertiary/aromatic N) is 2. The van der Waals surface area contributed by atoms with E-state index in [4.69, 9.17) is 0 Å². The number of aromatic nitrogens is 1. The normalized spacial score (nSPS) is 12.9. The van der Waals surface area contributed by atoms with E-state index in [1.807, 2.05) is 37.4 Å². The lowest BCUT2D eigenvalue weighted by molar-refractivity contribution is -0.116. The number of carbonyl (C=O) groups is 3. The fraction of sp³-hybridized carbons (Fsp3) is 0.217. The van der Waals surface area contributed by atoms with Gasteiger partial charge in [-0.05, 0) is 56.2 Å². The highest BCUT2D eigenvalue weighted by atomic mass is 32.2. The first-order chi connectivity index (χ1) is 14.9. The van der Waals surface area contributed by atoms with E-state index in [-0.39, 0.29) is 30.7 Å². The highest BCUT2D eigenvalue weighted by molar-refractivity contribution is 8.01. The van der Waals surface area contributed by atoms with Crippen LogP contribution < -0.4 is 5.32 Å². The van der Waals surface area contributed by atoms with Gasteiger partial charge in [0.15, 0.2) is 4.34 Å². The van der Waals surface area contributed by atoms with Crippen LogP contribution in [-0.2, 0) is 4.79 Å². The quantitative estimate of drug-likeness (QED) is 0.516. The van der Waals surface area contributed by atoms with Crippen LogP contribution in [0, 0.1) is 13.8 Å². The molecule has 31 heavy (non-hydrogen) atoms. The molecule has 0 bridgehead atoms. The van der Waals surface area contributed by atoms with Gasteiger partial charge in [0.2, 0.25) is 5.91 Å². The van der Waals surface area contributed by atoms with Crippen LogP contribution in [-0.4, -0.2) is 34.2 Å². The van der Waals surface area contributed by atoms with Crippen LogP contribution in [0.2, 0.25) is 0 Å². The predicted octanol–water partition coefficient (Wildman–Crippen LogP) is 4.93. The third kappa shape index (κ3) is 4.70. The Morgan fingerprint density at radius 1 is 1.10 bits per heavy atom. The van der Waals surface area contributed by atoms with Crippen molar-refractivity contribution in [3.05, 3.63) is 70.2 Å². The van der Waals surface area contributed by atoms with Crippen LogP contribution in [0.4, 0.5) is 5.69 Å². The molecular formula is C23H21N3O3S2. The van der Waals surface area contributed by atoms with Gasteiger partial charge in [-0.2, -0.15) is 0 Å². The molecule has 0 fully saturated rings. The number of hydrogen-bond acceptors (Lipinski definition) is 6. The van der Waals surface area contributed by atoms with Gasteiger partial charge in [-0.15, -0.1) is 11.3 Å². The molecule has 1 N–H and O–H groups in total. The molecular weight excluding hydrogens is 430 g/mol. The highest BCUT2D eigenvalue weighted by Gasteiger charge is 2.34. The second-order valence-corrected chi connectivity index (χ2v) is 9.47. The summed E-state index contributed by atoms with van der Waals surface area (Å²) in [4.78, 5) is 43.9. The molecule has 158 valence electrons. The van der Waals surface area contributed by atoms with Crippen molar-refractivity contribution < 1.29 is 14.4 Å². The van der Waals surface area contributed by atoms with Crippen LogP contribution >= 0.6 is 23.1 Å². The molecule has 1 aliphatic rings. The summed E-state index contributed by atoms with van der Waals surface area (Å²) in [6.07, 6.45) is 0.634. The maximum absolute atomic E-state index is 12.4. The lowest BCUT2D eigenvalue weighted by Gasteiger charge is -2.14. The zero-order valence-electron chi connectivity index (χ0n) is 17.2. The van der Waals surface area contributed by atoms with Gasteiger partial charge in [0.05, 0.1) is 11.1 Å². The van der Waals surface area contributed by atoms with Crippen LogP contribution in [0.3, 0.4) is 0 Å². The second kappa shape index (κ2) is 9.03. The third-order valence-electron chi connectivity index (χ3n) is 4.94. The smallest absolute Gasteiger partial charge is 0.261 e. The molecule has 0 radical (unpaired) electrons. The van der Waals surface area contributed by atoms with Gasteiger partial charge in [0.25, 0.3) is 11.8 Å². The van der Waals surface area contributed by atoms with Crippen molar-refractivity contribution in [2.45, 2.75) is 35.9 Å². The zero-order valence-corrected chi connectivity index (χ0v) is 18.8. The second-order valence-electron chi connectivity index (χ2n) is 7.29. The lowest BCUT2D eigenvalue weighted by Crippen LogP contribution is -2.31. The summed E-state index contributed by atoms with van der Waals surface area (Å²) in [6.45, 7) is 4.14. The largest absolute Gasteiger partial charge is 0.326 e. The summed E-state index contributed by atoms with van der Waals surface area (Å²) in [5, 5.41) is 4.94. The summed E-state index contributed by atoms with van der Waals surface area (Å²) in [7, 11) is 0. The average molecular weight is 452 g/mol. The molecule has 0 atom stereocenters. The number of nitrogens with one attached hydrogen (secondary N) is 1. The van der Waals surface area contributed by atoms with Crippen LogP contribution in [0.15, 0.2) is 57.1 Å². The summed E-state index contributed by atoms with van der Waals surface area (Å²) >= 11 is 3.21. The van der Waals surface area contributed by atoms with Crippen LogP contribution in [0.1, 0.15) is 44.8 Å². The summed E-state index contributed by atoms with van der Waals surface area (Å²) < 4.78 is 0.988. The molecule has 0 saturated heterocycles. The third-order valence-corrected chi connectivity index (χ3v) is 6.98. The van der Waals surface area contributed by atoms with E-state index in [1.54, 1.807) is 47.4 Å². The molecule has 2 heterocycles. The molecule has 0 spiro atoms. The van der Waals surface area contributed by atoms with E-state index in [2.05, 4.69) is 10.3 Å². The number of imide groups is 1. The fourth-order valence-electron chi connectivity index (χ4n) is 3.37. The maximum Gasteiger partial charge on any atom is 0.261 e. The van der Waals surface area contributed by atoms with Gasteiger partial charge >= 0.3 is 0 Å².